The third-order valence-corrected chi connectivity index (χ3v) is 3.93. The molecule has 0 unspecified atom stereocenters. The summed E-state index contributed by atoms with van der Waals surface area (Å²) in [5, 5.41) is 11.4. The van der Waals surface area contributed by atoms with Gasteiger partial charge in [-0.25, -0.2) is 9.78 Å². The molecule has 102 valence electrons. The van der Waals surface area contributed by atoms with Gasteiger partial charge in [-0.05, 0) is 40.8 Å². The summed E-state index contributed by atoms with van der Waals surface area (Å²) in [6.07, 6.45) is 0.704. The van der Waals surface area contributed by atoms with E-state index in [0.29, 0.717) is 21.9 Å². The Morgan fingerprint density at radius 3 is 2.85 bits per heavy atom. The molecular weight excluding hydrogens is 393 g/mol. The van der Waals surface area contributed by atoms with E-state index in [-0.39, 0.29) is 0 Å². The monoisotopic (exact) mass is 401 g/mol. The van der Waals surface area contributed by atoms with Gasteiger partial charge >= 0.3 is 6.09 Å². The molecule has 1 amide bonds. The van der Waals surface area contributed by atoms with Crippen LogP contribution in [0.1, 0.15) is 0 Å². The molecule has 0 saturated heterocycles. The van der Waals surface area contributed by atoms with Gasteiger partial charge in [0.1, 0.15) is 5.65 Å². The number of fused-ring (bicyclic) bond motifs is 3. The molecule has 20 heavy (non-hydrogen) atoms. The number of hydrogen-bond donors (Lipinski definition) is 2. The topological polar surface area (TPSA) is 69.2 Å². The van der Waals surface area contributed by atoms with Crippen molar-refractivity contribution in [3.8, 4) is 0 Å². The number of nitrogens with one attached hydrogen (secondary N) is 1. The van der Waals surface area contributed by atoms with Crippen LogP contribution < -0.4 is 4.90 Å². The van der Waals surface area contributed by atoms with Gasteiger partial charge in [-0.2, -0.15) is 0 Å². The highest BCUT2D eigenvalue weighted by molar-refractivity contribution is 14.1. The van der Waals surface area contributed by atoms with Crippen LogP contribution in [0.4, 0.5) is 10.5 Å². The Morgan fingerprint density at radius 2 is 2.15 bits per heavy atom. The maximum atomic E-state index is 11.2. The first kappa shape index (κ1) is 13.4. The summed E-state index contributed by atoms with van der Waals surface area (Å²) >= 11 is 8.30. The molecule has 1 aromatic carbocycles. The molecule has 3 aromatic rings. The zero-order chi connectivity index (χ0) is 14.4. The molecule has 0 aliphatic carbocycles. The smallest absolute Gasteiger partial charge is 0.411 e. The summed E-state index contributed by atoms with van der Waals surface area (Å²) in [6.45, 7) is 0. The summed E-state index contributed by atoms with van der Waals surface area (Å²) in [5.74, 6) is 0. The second-order valence-electron chi connectivity index (χ2n) is 4.36. The maximum absolute atomic E-state index is 11.2. The number of halogens is 2. The quantitative estimate of drug-likeness (QED) is 0.604. The van der Waals surface area contributed by atoms with E-state index in [4.69, 9.17) is 16.7 Å². The second-order valence-corrected chi connectivity index (χ2v) is 6.05. The molecular formula is C13H9ClIN3O2. The van der Waals surface area contributed by atoms with E-state index < -0.39 is 6.09 Å². The lowest BCUT2D eigenvalue weighted by molar-refractivity contribution is 0.203. The number of anilines is 1. The molecule has 2 heterocycles. The minimum absolute atomic E-state index is 0.486. The molecule has 3 rings (SSSR count). The number of benzene rings is 1. The van der Waals surface area contributed by atoms with Crippen molar-refractivity contribution in [2.45, 2.75) is 0 Å². The molecule has 5 nitrogen and oxygen atoms in total. The van der Waals surface area contributed by atoms with E-state index in [1.165, 1.54) is 7.05 Å². The minimum atomic E-state index is -1.05. The Hall–Kier alpha value is -1.54. The van der Waals surface area contributed by atoms with Crippen LogP contribution in [0.3, 0.4) is 0 Å². The van der Waals surface area contributed by atoms with Gasteiger partial charge < -0.3 is 10.1 Å². The Morgan fingerprint density at radius 1 is 1.40 bits per heavy atom. The number of aromatic amines is 1. The number of nitrogens with zero attached hydrogens (tertiary/aromatic N) is 2. The van der Waals surface area contributed by atoms with Gasteiger partial charge in [0, 0.05) is 32.6 Å². The normalized spacial score (nSPS) is 11.2. The molecule has 0 aliphatic heterocycles. The van der Waals surface area contributed by atoms with Gasteiger partial charge in [0.15, 0.2) is 0 Å². The fraction of sp³-hybridized carbons (Fsp3) is 0.0769. The van der Waals surface area contributed by atoms with E-state index in [1.807, 2.05) is 12.1 Å². The molecule has 0 atom stereocenters. The summed E-state index contributed by atoms with van der Waals surface area (Å²) in [6, 6.07) is 5.42. The molecule has 0 spiro atoms. The summed E-state index contributed by atoms with van der Waals surface area (Å²) in [7, 11) is 1.48. The van der Waals surface area contributed by atoms with Gasteiger partial charge in [-0.3, -0.25) is 4.90 Å². The van der Waals surface area contributed by atoms with Crippen LogP contribution in [0.25, 0.3) is 21.9 Å². The number of aromatic nitrogens is 2. The summed E-state index contributed by atoms with van der Waals surface area (Å²) in [4.78, 5) is 19.8. The van der Waals surface area contributed by atoms with E-state index >= 15 is 0 Å². The summed E-state index contributed by atoms with van der Waals surface area (Å²) in [5.41, 5.74) is 1.93. The highest BCUT2D eigenvalue weighted by Gasteiger charge is 2.17. The minimum Gasteiger partial charge on any atom is -0.465 e. The first-order valence-corrected chi connectivity index (χ1v) is 7.16. The van der Waals surface area contributed by atoms with Crippen molar-refractivity contribution in [2.24, 2.45) is 0 Å². The van der Waals surface area contributed by atoms with Crippen LogP contribution in [0, 0.1) is 3.57 Å². The number of hydrogen-bond acceptors (Lipinski definition) is 2. The summed E-state index contributed by atoms with van der Waals surface area (Å²) < 4.78 is 1.00. The largest absolute Gasteiger partial charge is 0.465 e. The number of rotatable bonds is 1. The number of carbonyl (C=O) groups is 1. The third kappa shape index (κ3) is 2.08. The van der Waals surface area contributed by atoms with Crippen LogP contribution in [0.5, 0.6) is 0 Å². The van der Waals surface area contributed by atoms with Crippen molar-refractivity contribution < 1.29 is 9.90 Å². The highest BCUT2D eigenvalue weighted by atomic mass is 127. The van der Waals surface area contributed by atoms with Crippen LogP contribution in [0.15, 0.2) is 24.4 Å². The predicted molar refractivity (Wildman–Crippen MR) is 87.8 cm³/mol. The third-order valence-electron chi connectivity index (χ3n) is 3.12. The van der Waals surface area contributed by atoms with E-state index in [0.717, 1.165) is 19.2 Å². The van der Waals surface area contributed by atoms with Crippen molar-refractivity contribution in [2.75, 3.05) is 11.9 Å². The van der Waals surface area contributed by atoms with Crippen LogP contribution in [0.2, 0.25) is 5.02 Å². The Bertz CT molecular complexity index is 846. The van der Waals surface area contributed by atoms with Gasteiger partial charge in [-0.15, -0.1) is 0 Å². The number of H-pyrrole nitrogens is 1. The van der Waals surface area contributed by atoms with Crippen LogP contribution >= 0.6 is 34.2 Å². The van der Waals surface area contributed by atoms with Crippen molar-refractivity contribution in [3.05, 3.63) is 33.0 Å². The lowest BCUT2D eigenvalue weighted by Gasteiger charge is -2.14. The number of pyridine rings is 1. The fourth-order valence-corrected chi connectivity index (χ4v) is 2.83. The van der Waals surface area contributed by atoms with Gasteiger partial charge in [0.25, 0.3) is 0 Å². The number of carboxylic acid groups (broad SMARTS) is 1. The molecule has 0 aliphatic rings. The maximum Gasteiger partial charge on any atom is 0.411 e. The predicted octanol–water partition coefficient (Wildman–Crippen LogP) is 4.09. The van der Waals surface area contributed by atoms with E-state index in [1.54, 1.807) is 12.3 Å². The first-order valence-electron chi connectivity index (χ1n) is 5.70. The van der Waals surface area contributed by atoms with E-state index in [9.17, 15) is 4.79 Å². The zero-order valence-electron chi connectivity index (χ0n) is 10.3. The number of amides is 1. The molecule has 0 fully saturated rings. The molecule has 0 radical (unpaired) electrons. The molecule has 7 heteroatoms. The van der Waals surface area contributed by atoms with Crippen molar-refractivity contribution in [3.63, 3.8) is 0 Å². The molecule has 2 aromatic heterocycles. The standard InChI is InChI=1S/C13H9ClIN3O2/c1-18(13(19)20)10-3-6(14)2-8-9-4-7(15)5-16-12(9)17-11(8)10/h2-5H,1H3,(H,16,17)(H,19,20). The SMILES string of the molecule is CN(C(=O)O)c1cc(Cl)cc2c1[nH]c1ncc(I)cc12. The van der Waals surface area contributed by atoms with Gasteiger partial charge in [0.05, 0.1) is 11.2 Å². The molecule has 2 N–H and O–H groups in total. The van der Waals surface area contributed by atoms with Crippen molar-refractivity contribution in [1.29, 1.82) is 0 Å². The average molecular weight is 402 g/mol. The van der Waals surface area contributed by atoms with Crippen molar-refractivity contribution in [1.82, 2.24) is 9.97 Å². The second kappa shape index (κ2) is 4.78. The lowest BCUT2D eigenvalue weighted by Crippen LogP contribution is -2.24. The fourth-order valence-electron chi connectivity index (χ4n) is 2.17. The average Bonchev–Trinajstić information content (AvgIpc) is 2.75. The first-order chi connectivity index (χ1) is 9.47. The lowest BCUT2D eigenvalue weighted by atomic mass is 10.1. The molecule has 0 saturated carbocycles. The van der Waals surface area contributed by atoms with Crippen LogP contribution in [-0.4, -0.2) is 28.2 Å². The van der Waals surface area contributed by atoms with Gasteiger partial charge in [0.2, 0.25) is 0 Å². The zero-order valence-corrected chi connectivity index (χ0v) is 13.2. The van der Waals surface area contributed by atoms with Crippen molar-refractivity contribution >= 4 is 67.9 Å². The van der Waals surface area contributed by atoms with Gasteiger partial charge in [-0.1, -0.05) is 11.6 Å². The Balaban J connectivity index is 2.42. The Labute approximate surface area is 132 Å². The molecule has 0 bridgehead atoms. The van der Waals surface area contributed by atoms with E-state index in [2.05, 4.69) is 32.6 Å². The highest BCUT2D eigenvalue weighted by Crippen LogP contribution is 2.34. The Kier molecular flexibility index (Phi) is 3.21. The van der Waals surface area contributed by atoms with Crippen LogP contribution in [-0.2, 0) is 0 Å².